The van der Waals surface area contributed by atoms with Crippen molar-refractivity contribution in [1.82, 2.24) is 4.98 Å². The molecule has 1 rings (SSSR count). The van der Waals surface area contributed by atoms with Crippen molar-refractivity contribution in [2.45, 2.75) is 25.9 Å². The first kappa shape index (κ1) is 13.4. The van der Waals surface area contributed by atoms with Gasteiger partial charge in [0.2, 0.25) is 5.88 Å². The smallest absolute Gasteiger partial charge is 0.256 e. The predicted molar refractivity (Wildman–Crippen MR) is 65.1 cm³/mol. The number of rotatable bonds is 5. The summed E-state index contributed by atoms with van der Waals surface area (Å²) in [5, 5.41) is 2.75. The zero-order valence-corrected chi connectivity index (χ0v) is 10.6. The number of carbonyl (C=O) groups is 1. The molecule has 0 unspecified atom stereocenters. The lowest BCUT2D eigenvalue weighted by Gasteiger charge is -2.25. The summed E-state index contributed by atoms with van der Waals surface area (Å²) in [6.07, 6.45) is 2.14. The van der Waals surface area contributed by atoms with Gasteiger partial charge in [-0.05, 0) is 19.4 Å². The topological polar surface area (TPSA) is 60.5 Å². The number of ether oxygens (including phenoxy) is 2. The molecule has 0 aromatic carbocycles. The number of nitrogens with one attached hydrogen (secondary N) is 1. The number of pyridine rings is 1. The second-order valence-electron chi connectivity index (χ2n) is 3.83. The summed E-state index contributed by atoms with van der Waals surface area (Å²) in [7, 11) is 3.06. The molecule has 1 aromatic rings. The van der Waals surface area contributed by atoms with Gasteiger partial charge >= 0.3 is 0 Å². The van der Waals surface area contributed by atoms with E-state index >= 15 is 0 Å². The van der Waals surface area contributed by atoms with E-state index in [2.05, 4.69) is 10.3 Å². The third-order valence-corrected chi connectivity index (χ3v) is 2.81. The fourth-order valence-electron chi connectivity index (χ4n) is 1.24. The van der Waals surface area contributed by atoms with Crippen LogP contribution in [0.3, 0.4) is 0 Å². The van der Waals surface area contributed by atoms with E-state index in [4.69, 9.17) is 9.47 Å². The Labute approximate surface area is 101 Å². The number of hydrogen-bond acceptors (Lipinski definition) is 4. The number of nitrogens with zero attached hydrogens (tertiary/aromatic N) is 1. The Morgan fingerprint density at radius 1 is 1.47 bits per heavy atom. The molecule has 5 nitrogen and oxygen atoms in total. The summed E-state index contributed by atoms with van der Waals surface area (Å²) in [4.78, 5) is 16.0. The molecule has 0 saturated heterocycles. The first-order chi connectivity index (χ1) is 8.05. The molecule has 1 atom stereocenters. The third kappa shape index (κ3) is 3.17. The van der Waals surface area contributed by atoms with Crippen LogP contribution in [0.15, 0.2) is 18.3 Å². The van der Waals surface area contributed by atoms with Crippen molar-refractivity contribution in [3.8, 4) is 5.88 Å². The van der Waals surface area contributed by atoms with Crippen LogP contribution >= 0.6 is 0 Å². The monoisotopic (exact) mass is 238 g/mol. The van der Waals surface area contributed by atoms with Gasteiger partial charge in [-0.15, -0.1) is 0 Å². The van der Waals surface area contributed by atoms with Gasteiger partial charge in [0.15, 0.2) is 0 Å². The molecule has 0 bridgehead atoms. The van der Waals surface area contributed by atoms with Crippen LogP contribution in [0.4, 0.5) is 5.69 Å². The second kappa shape index (κ2) is 5.63. The molecule has 0 fully saturated rings. The van der Waals surface area contributed by atoms with Crippen molar-refractivity contribution >= 4 is 11.6 Å². The number of anilines is 1. The molecule has 1 amide bonds. The van der Waals surface area contributed by atoms with Gasteiger partial charge in [0.05, 0.1) is 19.0 Å². The number of carbonyl (C=O) groups excluding carboxylic acids is 1. The molecule has 1 N–H and O–H groups in total. The first-order valence-corrected chi connectivity index (χ1v) is 5.42. The molecular formula is C12H18N2O3. The number of hydrogen-bond donors (Lipinski definition) is 1. The highest BCUT2D eigenvalue weighted by molar-refractivity contribution is 5.96. The van der Waals surface area contributed by atoms with Gasteiger partial charge in [-0.25, -0.2) is 4.98 Å². The largest absolute Gasteiger partial charge is 0.481 e. The van der Waals surface area contributed by atoms with Gasteiger partial charge in [-0.2, -0.15) is 0 Å². The van der Waals surface area contributed by atoms with E-state index in [0.717, 1.165) is 0 Å². The second-order valence-corrected chi connectivity index (χ2v) is 3.83. The summed E-state index contributed by atoms with van der Waals surface area (Å²) in [5.41, 5.74) is -0.201. The van der Waals surface area contributed by atoms with Crippen LogP contribution in [-0.4, -0.2) is 30.7 Å². The van der Waals surface area contributed by atoms with E-state index in [1.165, 1.54) is 7.11 Å². The minimum absolute atomic E-state index is 0.186. The van der Waals surface area contributed by atoms with Crippen LogP contribution in [0, 0.1) is 0 Å². The molecule has 5 heteroatoms. The standard InChI is InChI=1S/C12H18N2O3/c1-5-12(2,17-4)11(15)14-9-6-7-10(16-3)13-8-9/h6-8H,5H2,1-4H3,(H,14,15)/t12-/m0/s1. The average Bonchev–Trinajstić information content (AvgIpc) is 2.38. The van der Waals surface area contributed by atoms with Gasteiger partial charge in [-0.3, -0.25) is 4.79 Å². The minimum atomic E-state index is -0.820. The Hall–Kier alpha value is -1.62. The van der Waals surface area contributed by atoms with Crippen molar-refractivity contribution in [3.63, 3.8) is 0 Å². The van der Waals surface area contributed by atoms with Gasteiger partial charge < -0.3 is 14.8 Å². The van der Waals surface area contributed by atoms with E-state index in [0.29, 0.717) is 18.0 Å². The highest BCUT2D eigenvalue weighted by Crippen LogP contribution is 2.18. The fourth-order valence-corrected chi connectivity index (χ4v) is 1.24. The summed E-state index contributed by atoms with van der Waals surface area (Å²) in [5.74, 6) is 0.322. The molecular weight excluding hydrogens is 220 g/mol. The lowest BCUT2D eigenvalue weighted by Crippen LogP contribution is -2.41. The highest BCUT2D eigenvalue weighted by atomic mass is 16.5. The Balaban J connectivity index is 2.73. The molecule has 17 heavy (non-hydrogen) atoms. The van der Waals surface area contributed by atoms with E-state index in [-0.39, 0.29) is 5.91 Å². The quantitative estimate of drug-likeness (QED) is 0.850. The molecule has 0 aliphatic rings. The Morgan fingerprint density at radius 2 is 2.18 bits per heavy atom. The van der Waals surface area contributed by atoms with E-state index in [1.807, 2.05) is 6.92 Å². The average molecular weight is 238 g/mol. The Bertz CT molecular complexity index is 372. The molecule has 94 valence electrons. The summed E-state index contributed by atoms with van der Waals surface area (Å²) < 4.78 is 10.1. The molecule has 0 saturated carbocycles. The predicted octanol–water partition coefficient (Wildman–Crippen LogP) is 1.84. The van der Waals surface area contributed by atoms with Crippen LogP contribution in [0.2, 0.25) is 0 Å². The first-order valence-electron chi connectivity index (χ1n) is 5.42. The van der Waals surface area contributed by atoms with Gasteiger partial charge in [0, 0.05) is 13.2 Å². The number of amides is 1. The lowest BCUT2D eigenvalue weighted by atomic mass is 10.0. The van der Waals surface area contributed by atoms with Crippen molar-refractivity contribution in [2.24, 2.45) is 0 Å². The van der Waals surface area contributed by atoms with E-state index in [1.54, 1.807) is 32.4 Å². The highest BCUT2D eigenvalue weighted by Gasteiger charge is 2.30. The zero-order valence-electron chi connectivity index (χ0n) is 10.6. The number of methoxy groups -OCH3 is 2. The van der Waals surface area contributed by atoms with Crippen LogP contribution in [0.1, 0.15) is 20.3 Å². The maximum Gasteiger partial charge on any atom is 0.256 e. The molecule has 0 aliphatic heterocycles. The van der Waals surface area contributed by atoms with E-state index < -0.39 is 5.60 Å². The maximum absolute atomic E-state index is 12.0. The molecule has 1 aromatic heterocycles. The summed E-state index contributed by atoms with van der Waals surface area (Å²) in [6, 6.07) is 3.42. The summed E-state index contributed by atoms with van der Waals surface area (Å²) in [6.45, 7) is 3.65. The SMILES string of the molecule is CC[C@](C)(OC)C(=O)Nc1ccc(OC)nc1. The van der Waals surface area contributed by atoms with Gasteiger partial charge in [0.25, 0.3) is 5.91 Å². The fraction of sp³-hybridized carbons (Fsp3) is 0.500. The van der Waals surface area contributed by atoms with Gasteiger partial charge in [-0.1, -0.05) is 6.92 Å². The van der Waals surface area contributed by atoms with Crippen molar-refractivity contribution in [1.29, 1.82) is 0 Å². The molecule has 1 heterocycles. The number of aromatic nitrogens is 1. The summed E-state index contributed by atoms with van der Waals surface area (Å²) >= 11 is 0. The van der Waals surface area contributed by atoms with Crippen molar-refractivity contribution < 1.29 is 14.3 Å². The molecule has 0 radical (unpaired) electrons. The van der Waals surface area contributed by atoms with Crippen molar-refractivity contribution in [3.05, 3.63) is 18.3 Å². The van der Waals surface area contributed by atoms with Crippen molar-refractivity contribution in [2.75, 3.05) is 19.5 Å². The molecule has 0 aliphatic carbocycles. The maximum atomic E-state index is 12.0. The normalized spacial score (nSPS) is 13.9. The van der Waals surface area contributed by atoms with Crippen LogP contribution in [0.5, 0.6) is 5.88 Å². The van der Waals surface area contributed by atoms with E-state index in [9.17, 15) is 4.79 Å². The van der Waals surface area contributed by atoms with Crippen LogP contribution in [0.25, 0.3) is 0 Å². The Morgan fingerprint density at radius 3 is 2.59 bits per heavy atom. The third-order valence-electron chi connectivity index (χ3n) is 2.81. The Kier molecular flexibility index (Phi) is 4.45. The van der Waals surface area contributed by atoms with Crippen LogP contribution < -0.4 is 10.1 Å². The van der Waals surface area contributed by atoms with Crippen LogP contribution in [-0.2, 0) is 9.53 Å². The molecule has 0 spiro atoms. The minimum Gasteiger partial charge on any atom is -0.481 e. The lowest BCUT2D eigenvalue weighted by molar-refractivity contribution is -0.136. The zero-order chi connectivity index (χ0) is 12.9. The van der Waals surface area contributed by atoms with Gasteiger partial charge in [0.1, 0.15) is 5.60 Å².